The average Bonchev–Trinajstić information content (AvgIpc) is 2.75. The molecule has 0 fully saturated rings. The first-order chi connectivity index (χ1) is 7.70. The number of Topliss-reactive ketones (excluding diaryl/α,β-unsaturated/α-hetero) is 1. The van der Waals surface area contributed by atoms with Gasteiger partial charge in [-0.05, 0) is 19.1 Å². The predicted molar refractivity (Wildman–Crippen MR) is 60.7 cm³/mol. The van der Waals surface area contributed by atoms with Crippen molar-refractivity contribution in [3.8, 4) is 5.69 Å². The van der Waals surface area contributed by atoms with Gasteiger partial charge in [-0.2, -0.15) is 0 Å². The Morgan fingerprint density at radius 3 is 2.69 bits per heavy atom. The van der Waals surface area contributed by atoms with Gasteiger partial charge in [-0.15, -0.1) is 0 Å². The molecular formula is C12H13N3O. The van der Waals surface area contributed by atoms with Gasteiger partial charge in [-0.25, -0.2) is 4.98 Å². The van der Waals surface area contributed by atoms with E-state index in [0.29, 0.717) is 12.1 Å². The summed E-state index contributed by atoms with van der Waals surface area (Å²) < 4.78 is 1.88. The number of nitrogens with zero attached hydrogens (tertiary/aromatic N) is 3. The molecule has 16 heavy (non-hydrogen) atoms. The van der Waals surface area contributed by atoms with Crippen molar-refractivity contribution in [1.82, 2.24) is 14.5 Å². The standard InChI is InChI=1S/C12H13N3O/c1-3-12(16)11-5-4-10(6-13-11)15-7-9(2)14-8-15/h4-8H,3H2,1-2H3. The molecular weight excluding hydrogens is 202 g/mol. The number of pyridine rings is 1. The third-order valence-corrected chi connectivity index (χ3v) is 2.36. The van der Waals surface area contributed by atoms with Gasteiger partial charge in [0.1, 0.15) is 5.69 Å². The molecule has 2 aromatic heterocycles. The molecule has 4 heteroatoms. The van der Waals surface area contributed by atoms with Crippen LogP contribution in [0.2, 0.25) is 0 Å². The van der Waals surface area contributed by atoms with Crippen molar-refractivity contribution < 1.29 is 4.79 Å². The lowest BCUT2D eigenvalue weighted by atomic mass is 10.2. The highest BCUT2D eigenvalue weighted by molar-refractivity contribution is 5.93. The molecule has 0 aliphatic heterocycles. The second-order valence-electron chi connectivity index (χ2n) is 3.60. The van der Waals surface area contributed by atoms with Crippen molar-refractivity contribution >= 4 is 5.78 Å². The minimum Gasteiger partial charge on any atom is -0.304 e. The maximum Gasteiger partial charge on any atom is 0.180 e. The van der Waals surface area contributed by atoms with E-state index in [0.717, 1.165) is 11.4 Å². The van der Waals surface area contributed by atoms with Gasteiger partial charge in [0, 0.05) is 12.6 Å². The molecule has 82 valence electrons. The molecule has 0 radical (unpaired) electrons. The van der Waals surface area contributed by atoms with Crippen LogP contribution >= 0.6 is 0 Å². The minimum atomic E-state index is 0.0633. The Hall–Kier alpha value is -1.97. The van der Waals surface area contributed by atoms with E-state index in [1.54, 1.807) is 18.6 Å². The lowest BCUT2D eigenvalue weighted by Crippen LogP contribution is -2.01. The Balaban J connectivity index is 2.29. The van der Waals surface area contributed by atoms with E-state index in [-0.39, 0.29) is 5.78 Å². The summed E-state index contributed by atoms with van der Waals surface area (Å²) in [6.45, 7) is 3.76. The number of hydrogen-bond acceptors (Lipinski definition) is 3. The molecule has 0 saturated carbocycles. The van der Waals surface area contributed by atoms with E-state index in [2.05, 4.69) is 9.97 Å². The fourth-order valence-corrected chi connectivity index (χ4v) is 1.45. The van der Waals surface area contributed by atoms with Crippen LogP contribution in [-0.2, 0) is 0 Å². The number of rotatable bonds is 3. The second-order valence-corrected chi connectivity index (χ2v) is 3.60. The molecule has 4 nitrogen and oxygen atoms in total. The molecule has 0 saturated heterocycles. The summed E-state index contributed by atoms with van der Waals surface area (Å²) >= 11 is 0. The van der Waals surface area contributed by atoms with E-state index < -0.39 is 0 Å². The van der Waals surface area contributed by atoms with Crippen LogP contribution in [0.15, 0.2) is 30.9 Å². The molecule has 2 aromatic rings. The van der Waals surface area contributed by atoms with Crippen LogP contribution in [0.3, 0.4) is 0 Å². The summed E-state index contributed by atoms with van der Waals surface area (Å²) in [7, 11) is 0. The largest absolute Gasteiger partial charge is 0.304 e. The number of carbonyl (C=O) groups is 1. The van der Waals surface area contributed by atoms with E-state index in [4.69, 9.17) is 0 Å². The van der Waals surface area contributed by atoms with Gasteiger partial charge in [-0.1, -0.05) is 6.92 Å². The normalized spacial score (nSPS) is 10.4. The van der Waals surface area contributed by atoms with E-state index in [1.807, 2.05) is 30.7 Å². The molecule has 0 amide bonds. The van der Waals surface area contributed by atoms with Crippen molar-refractivity contribution in [2.45, 2.75) is 20.3 Å². The van der Waals surface area contributed by atoms with Crippen LogP contribution in [0.5, 0.6) is 0 Å². The quantitative estimate of drug-likeness (QED) is 0.737. The Kier molecular flexibility index (Phi) is 2.81. The first-order valence-electron chi connectivity index (χ1n) is 5.21. The topological polar surface area (TPSA) is 47.8 Å². The first-order valence-corrected chi connectivity index (χ1v) is 5.21. The number of hydrogen-bond donors (Lipinski definition) is 0. The van der Waals surface area contributed by atoms with Gasteiger partial charge in [0.05, 0.1) is 23.9 Å². The highest BCUT2D eigenvalue weighted by Gasteiger charge is 2.04. The third-order valence-electron chi connectivity index (χ3n) is 2.36. The second kappa shape index (κ2) is 4.26. The maximum atomic E-state index is 11.4. The average molecular weight is 215 g/mol. The number of aryl methyl sites for hydroxylation is 1. The zero-order valence-electron chi connectivity index (χ0n) is 9.34. The SMILES string of the molecule is CCC(=O)c1ccc(-n2cnc(C)c2)cn1. The number of ketones is 1. The summed E-state index contributed by atoms with van der Waals surface area (Å²) in [5.41, 5.74) is 2.38. The molecule has 0 aliphatic carbocycles. The molecule has 0 aromatic carbocycles. The van der Waals surface area contributed by atoms with Gasteiger partial charge < -0.3 is 4.57 Å². The summed E-state index contributed by atoms with van der Waals surface area (Å²) in [6, 6.07) is 3.62. The molecule has 0 bridgehead atoms. The maximum absolute atomic E-state index is 11.4. The number of imidazole rings is 1. The number of carbonyl (C=O) groups excluding carboxylic acids is 1. The predicted octanol–water partition coefficient (Wildman–Crippen LogP) is 2.17. The summed E-state index contributed by atoms with van der Waals surface area (Å²) in [6.07, 6.45) is 5.81. The van der Waals surface area contributed by atoms with Gasteiger partial charge >= 0.3 is 0 Å². The highest BCUT2D eigenvalue weighted by atomic mass is 16.1. The zero-order chi connectivity index (χ0) is 11.5. The monoisotopic (exact) mass is 215 g/mol. The molecule has 2 rings (SSSR count). The third kappa shape index (κ3) is 2.00. The first kappa shape index (κ1) is 10.5. The van der Waals surface area contributed by atoms with Crippen molar-refractivity contribution in [2.75, 3.05) is 0 Å². The highest BCUT2D eigenvalue weighted by Crippen LogP contribution is 2.08. The van der Waals surface area contributed by atoms with E-state index in [1.165, 1.54) is 0 Å². The lowest BCUT2D eigenvalue weighted by molar-refractivity contribution is 0.0983. The molecule has 0 atom stereocenters. The Morgan fingerprint density at radius 2 is 2.19 bits per heavy atom. The van der Waals surface area contributed by atoms with E-state index in [9.17, 15) is 4.79 Å². The lowest BCUT2D eigenvalue weighted by Gasteiger charge is -2.02. The Labute approximate surface area is 94.0 Å². The summed E-state index contributed by atoms with van der Waals surface area (Å²) in [5, 5.41) is 0. The van der Waals surface area contributed by atoms with Gasteiger partial charge in [0.15, 0.2) is 5.78 Å². The van der Waals surface area contributed by atoms with Crippen molar-refractivity contribution in [3.63, 3.8) is 0 Å². The molecule has 0 unspecified atom stereocenters. The molecule has 0 spiro atoms. The fraction of sp³-hybridized carbons (Fsp3) is 0.250. The van der Waals surface area contributed by atoms with Crippen LogP contribution in [0.25, 0.3) is 5.69 Å². The van der Waals surface area contributed by atoms with Crippen molar-refractivity contribution in [1.29, 1.82) is 0 Å². The summed E-state index contributed by atoms with van der Waals surface area (Å²) in [4.78, 5) is 19.7. The molecule has 0 N–H and O–H groups in total. The van der Waals surface area contributed by atoms with Crippen molar-refractivity contribution in [3.05, 3.63) is 42.2 Å². The van der Waals surface area contributed by atoms with Gasteiger partial charge in [0.2, 0.25) is 0 Å². The van der Waals surface area contributed by atoms with Gasteiger partial charge in [0.25, 0.3) is 0 Å². The Morgan fingerprint density at radius 1 is 1.38 bits per heavy atom. The zero-order valence-corrected chi connectivity index (χ0v) is 9.34. The molecule has 0 aliphatic rings. The van der Waals surface area contributed by atoms with Crippen LogP contribution < -0.4 is 0 Å². The fourth-order valence-electron chi connectivity index (χ4n) is 1.45. The van der Waals surface area contributed by atoms with Crippen LogP contribution in [-0.4, -0.2) is 20.3 Å². The van der Waals surface area contributed by atoms with Crippen LogP contribution in [0.1, 0.15) is 29.5 Å². The van der Waals surface area contributed by atoms with Crippen molar-refractivity contribution in [2.24, 2.45) is 0 Å². The van der Waals surface area contributed by atoms with Crippen LogP contribution in [0.4, 0.5) is 0 Å². The van der Waals surface area contributed by atoms with Crippen LogP contribution in [0, 0.1) is 6.92 Å². The number of aromatic nitrogens is 3. The summed E-state index contributed by atoms with van der Waals surface area (Å²) in [5.74, 6) is 0.0633. The van der Waals surface area contributed by atoms with Gasteiger partial charge in [-0.3, -0.25) is 9.78 Å². The van der Waals surface area contributed by atoms with E-state index >= 15 is 0 Å². The smallest absolute Gasteiger partial charge is 0.180 e. The minimum absolute atomic E-state index is 0.0633. The Bertz CT molecular complexity index is 499. The molecule has 2 heterocycles.